The molecule has 0 saturated carbocycles. The number of pyridine rings is 1. The first kappa shape index (κ1) is 25.2. The SMILES string of the molecule is CCc1nc2c(C)cc(C)nc2n1Cc1ccc(-c2cc(CN3CCCC3)ccc2CNC(C)=O)cc1. The van der Waals surface area contributed by atoms with Crippen molar-refractivity contribution in [2.75, 3.05) is 13.1 Å². The van der Waals surface area contributed by atoms with Crippen LogP contribution in [0, 0.1) is 13.8 Å². The lowest BCUT2D eigenvalue weighted by molar-refractivity contribution is -0.119. The molecule has 6 nitrogen and oxygen atoms in total. The van der Waals surface area contributed by atoms with Gasteiger partial charge in [-0.05, 0) is 85.3 Å². The number of hydrogen-bond acceptors (Lipinski definition) is 4. The van der Waals surface area contributed by atoms with Gasteiger partial charge in [-0.2, -0.15) is 0 Å². The van der Waals surface area contributed by atoms with E-state index in [-0.39, 0.29) is 5.91 Å². The Balaban J connectivity index is 1.44. The standard InChI is InChI=1S/C31H37N5O/c1-5-29-34-30-21(2)16-22(3)33-31(30)36(29)20-24-8-11-26(12-9-24)28-17-25(19-35-14-6-7-15-35)10-13-27(28)18-32-23(4)37/h8-13,16-17H,5-7,14-15,18-20H2,1-4H3,(H,32,37). The number of carbonyl (C=O) groups is 1. The number of aryl methyl sites for hydroxylation is 3. The summed E-state index contributed by atoms with van der Waals surface area (Å²) in [6, 6.07) is 17.6. The van der Waals surface area contributed by atoms with Gasteiger partial charge in [0, 0.05) is 32.1 Å². The van der Waals surface area contributed by atoms with Gasteiger partial charge in [0.1, 0.15) is 11.3 Å². The van der Waals surface area contributed by atoms with Crippen LogP contribution in [-0.2, 0) is 30.8 Å². The first-order valence-electron chi connectivity index (χ1n) is 13.4. The molecule has 6 heteroatoms. The summed E-state index contributed by atoms with van der Waals surface area (Å²) < 4.78 is 2.25. The number of hydrogen-bond donors (Lipinski definition) is 1. The van der Waals surface area contributed by atoms with E-state index in [0.29, 0.717) is 6.54 Å². The average molecular weight is 496 g/mol. The molecule has 0 atom stereocenters. The molecule has 1 fully saturated rings. The number of aromatic nitrogens is 3. The van der Waals surface area contributed by atoms with Crippen LogP contribution in [0.3, 0.4) is 0 Å². The summed E-state index contributed by atoms with van der Waals surface area (Å²) in [6.45, 7) is 12.5. The zero-order chi connectivity index (χ0) is 25.9. The molecule has 3 heterocycles. The molecule has 0 unspecified atom stereocenters. The number of nitrogens with one attached hydrogen (secondary N) is 1. The molecule has 1 aliphatic rings. The second-order valence-electron chi connectivity index (χ2n) is 10.3. The Labute approximate surface area is 219 Å². The predicted octanol–water partition coefficient (Wildman–Crippen LogP) is 5.56. The highest BCUT2D eigenvalue weighted by molar-refractivity contribution is 5.76. The molecule has 0 radical (unpaired) electrons. The fourth-order valence-electron chi connectivity index (χ4n) is 5.42. The average Bonchev–Trinajstić information content (AvgIpc) is 3.52. The Morgan fingerprint density at radius 1 is 0.946 bits per heavy atom. The van der Waals surface area contributed by atoms with Crippen LogP contribution in [0.4, 0.5) is 0 Å². The lowest BCUT2D eigenvalue weighted by Gasteiger charge is -2.18. The first-order valence-corrected chi connectivity index (χ1v) is 13.4. The fraction of sp³-hybridized carbons (Fsp3) is 0.387. The summed E-state index contributed by atoms with van der Waals surface area (Å²) in [4.78, 5) is 23.9. The Hall–Kier alpha value is -3.51. The zero-order valence-corrected chi connectivity index (χ0v) is 22.5. The van der Waals surface area contributed by atoms with Crippen LogP contribution in [0.2, 0.25) is 0 Å². The smallest absolute Gasteiger partial charge is 0.217 e. The Kier molecular flexibility index (Phi) is 7.38. The molecule has 0 bridgehead atoms. The van der Waals surface area contributed by atoms with Gasteiger partial charge in [-0.3, -0.25) is 9.69 Å². The van der Waals surface area contributed by atoms with Crippen molar-refractivity contribution in [1.29, 1.82) is 0 Å². The second kappa shape index (κ2) is 10.9. The number of likely N-dealkylation sites (tertiary alicyclic amines) is 1. The molecule has 0 aliphatic carbocycles. The van der Waals surface area contributed by atoms with Gasteiger partial charge in [0.25, 0.3) is 0 Å². The van der Waals surface area contributed by atoms with E-state index in [1.165, 1.54) is 53.7 Å². The predicted molar refractivity (Wildman–Crippen MR) is 149 cm³/mol. The number of amides is 1. The first-order chi connectivity index (χ1) is 17.9. The monoisotopic (exact) mass is 495 g/mol. The summed E-state index contributed by atoms with van der Waals surface area (Å²) >= 11 is 0. The van der Waals surface area contributed by atoms with Gasteiger partial charge in [-0.15, -0.1) is 0 Å². The molecule has 192 valence electrons. The van der Waals surface area contributed by atoms with Crippen LogP contribution >= 0.6 is 0 Å². The van der Waals surface area contributed by atoms with Gasteiger partial charge >= 0.3 is 0 Å². The molecular formula is C31H37N5O. The van der Waals surface area contributed by atoms with Crippen LogP contribution in [0.15, 0.2) is 48.5 Å². The summed E-state index contributed by atoms with van der Waals surface area (Å²) in [5.74, 6) is 1.05. The molecule has 1 aliphatic heterocycles. The van der Waals surface area contributed by atoms with Crippen molar-refractivity contribution < 1.29 is 4.79 Å². The van der Waals surface area contributed by atoms with Gasteiger partial charge in [0.2, 0.25) is 5.91 Å². The van der Waals surface area contributed by atoms with Crippen LogP contribution in [0.25, 0.3) is 22.3 Å². The highest BCUT2D eigenvalue weighted by Crippen LogP contribution is 2.28. The number of nitrogens with zero attached hydrogens (tertiary/aromatic N) is 4. The van der Waals surface area contributed by atoms with E-state index in [0.717, 1.165) is 47.8 Å². The van der Waals surface area contributed by atoms with Crippen molar-refractivity contribution in [2.45, 2.75) is 66.6 Å². The molecular weight excluding hydrogens is 458 g/mol. The van der Waals surface area contributed by atoms with E-state index in [1.54, 1.807) is 6.92 Å². The summed E-state index contributed by atoms with van der Waals surface area (Å²) in [5, 5.41) is 2.98. The Morgan fingerprint density at radius 3 is 2.38 bits per heavy atom. The summed E-state index contributed by atoms with van der Waals surface area (Å²) in [5.41, 5.74) is 10.2. The summed E-state index contributed by atoms with van der Waals surface area (Å²) in [6.07, 6.45) is 3.44. The molecule has 4 aromatic rings. The van der Waals surface area contributed by atoms with Crippen molar-refractivity contribution in [3.8, 4) is 11.1 Å². The third-order valence-electron chi connectivity index (χ3n) is 7.33. The molecule has 2 aromatic carbocycles. The number of benzene rings is 2. The molecule has 0 spiro atoms. The van der Waals surface area contributed by atoms with Gasteiger partial charge in [-0.25, -0.2) is 9.97 Å². The normalized spacial score (nSPS) is 13.9. The molecule has 2 aromatic heterocycles. The molecule has 1 amide bonds. The van der Waals surface area contributed by atoms with Crippen molar-refractivity contribution in [1.82, 2.24) is 24.8 Å². The van der Waals surface area contributed by atoms with Crippen LogP contribution < -0.4 is 5.32 Å². The van der Waals surface area contributed by atoms with Crippen molar-refractivity contribution in [3.63, 3.8) is 0 Å². The lowest BCUT2D eigenvalue weighted by atomic mass is 9.96. The van der Waals surface area contributed by atoms with Crippen LogP contribution in [-0.4, -0.2) is 38.4 Å². The van der Waals surface area contributed by atoms with Gasteiger partial charge in [0.15, 0.2) is 5.65 Å². The van der Waals surface area contributed by atoms with Gasteiger partial charge in [0.05, 0.1) is 6.54 Å². The van der Waals surface area contributed by atoms with E-state index < -0.39 is 0 Å². The van der Waals surface area contributed by atoms with E-state index in [9.17, 15) is 4.79 Å². The number of carbonyl (C=O) groups excluding carboxylic acids is 1. The minimum atomic E-state index is -0.0131. The number of fused-ring (bicyclic) bond motifs is 1. The van der Waals surface area contributed by atoms with Gasteiger partial charge in [-0.1, -0.05) is 43.3 Å². The van der Waals surface area contributed by atoms with E-state index in [1.807, 2.05) is 6.92 Å². The van der Waals surface area contributed by atoms with Crippen molar-refractivity contribution in [2.24, 2.45) is 0 Å². The molecule has 1 saturated heterocycles. The summed E-state index contributed by atoms with van der Waals surface area (Å²) in [7, 11) is 0. The zero-order valence-electron chi connectivity index (χ0n) is 22.5. The number of rotatable bonds is 8. The second-order valence-corrected chi connectivity index (χ2v) is 10.3. The van der Waals surface area contributed by atoms with E-state index in [4.69, 9.17) is 9.97 Å². The van der Waals surface area contributed by atoms with E-state index >= 15 is 0 Å². The minimum Gasteiger partial charge on any atom is -0.352 e. The van der Waals surface area contributed by atoms with Gasteiger partial charge < -0.3 is 9.88 Å². The van der Waals surface area contributed by atoms with Crippen molar-refractivity contribution >= 4 is 17.1 Å². The highest BCUT2D eigenvalue weighted by Gasteiger charge is 2.16. The highest BCUT2D eigenvalue weighted by atomic mass is 16.1. The maximum atomic E-state index is 11.6. The Bertz CT molecular complexity index is 1410. The van der Waals surface area contributed by atoms with Crippen LogP contribution in [0.1, 0.15) is 60.5 Å². The molecule has 5 rings (SSSR count). The topological polar surface area (TPSA) is 63.1 Å². The fourth-order valence-corrected chi connectivity index (χ4v) is 5.42. The lowest BCUT2D eigenvalue weighted by Crippen LogP contribution is -2.20. The maximum absolute atomic E-state index is 11.6. The largest absolute Gasteiger partial charge is 0.352 e. The molecule has 37 heavy (non-hydrogen) atoms. The Morgan fingerprint density at radius 2 is 1.68 bits per heavy atom. The minimum absolute atomic E-state index is 0.0131. The maximum Gasteiger partial charge on any atom is 0.217 e. The van der Waals surface area contributed by atoms with Crippen molar-refractivity contribution in [3.05, 3.63) is 82.3 Å². The third kappa shape index (κ3) is 5.59. The molecule has 1 N–H and O–H groups in total. The number of imidazole rings is 1. The quantitative estimate of drug-likeness (QED) is 0.348. The van der Waals surface area contributed by atoms with Crippen LogP contribution in [0.5, 0.6) is 0 Å². The third-order valence-corrected chi connectivity index (χ3v) is 7.33. The van der Waals surface area contributed by atoms with E-state index in [2.05, 4.69) is 77.2 Å².